The van der Waals surface area contributed by atoms with Crippen LogP contribution in [-0.2, 0) is 24.2 Å². The zero-order valence-corrected chi connectivity index (χ0v) is 21.5. The molecular formula is C33H40N2O. The van der Waals surface area contributed by atoms with Gasteiger partial charge in [-0.25, -0.2) is 0 Å². The molecule has 36 heavy (non-hydrogen) atoms. The first-order valence-corrected chi connectivity index (χ1v) is 13.9. The van der Waals surface area contributed by atoms with Crippen molar-refractivity contribution < 1.29 is 4.79 Å². The van der Waals surface area contributed by atoms with Gasteiger partial charge in [-0.05, 0) is 73.4 Å². The van der Waals surface area contributed by atoms with Gasteiger partial charge in [-0.1, -0.05) is 84.9 Å². The Balaban J connectivity index is 1.14. The molecule has 3 nitrogen and oxygen atoms in total. The summed E-state index contributed by atoms with van der Waals surface area (Å²) >= 11 is 0. The lowest BCUT2D eigenvalue weighted by Crippen LogP contribution is -2.35. The quantitative estimate of drug-likeness (QED) is 0.368. The van der Waals surface area contributed by atoms with Gasteiger partial charge < -0.3 is 4.90 Å². The number of Topliss-reactive ketones (excluding diaryl/α,β-unsaturated/α-hetero) is 1. The summed E-state index contributed by atoms with van der Waals surface area (Å²) in [6.45, 7) is 6.25. The van der Waals surface area contributed by atoms with Crippen LogP contribution in [0.5, 0.6) is 0 Å². The average molecular weight is 481 g/mol. The molecule has 0 N–H and O–H groups in total. The van der Waals surface area contributed by atoms with Gasteiger partial charge in [-0.15, -0.1) is 0 Å². The lowest BCUT2D eigenvalue weighted by molar-refractivity contribution is -0.121. The fourth-order valence-corrected chi connectivity index (χ4v) is 6.04. The second-order valence-corrected chi connectivity index (χ2v) is 10.7. The summed E-state index contributed by atoms with van der Waals surface area (Å²) in [5, 5.41) is 0. The van der Waals surface area contributed by atoms with Crippen molar-refractivity contribution in [1.29, 1.82) is 0 Å². The molecule has 0 bridgehead atoms. The number of benzene rings is 3. The van der Waals surface area contributed by atoms with Crippen LogP contribution in [0.3, 0.4) is 0 Å². The number of carbonyl (C=O) groups is 1. The highest BCUT2D eigenvalue weighted by Gasteiger charge is 2.29. The number of rotatable bonds is 9. The summed E-state index contributed by atoms with van der Waals surface area (Å²) < 4.78 is 0. The van der Waals surface area contributed by atoms with E-state index in [1.165, 1.54) is 48.2 Å². The number of likely N-dealkylation sites (tertiary alicyclic amines) is 1. The fraction of sp³-hybridized carbons (Fsp3) is 0.424. The predicted octanol–water partition coefficient (Wildman–Crippen LogP) is 6.13. The lowest BCUT2D eigenvalue weighted by atomic mass is 9.85. The van der Waals surface area contributed by atoms with Crippen LogP contribution in [0.1, 0.15) is 53.9 Å². The Morgan fingerprint density at radius 1 is 0.750 bits per heavy atom. The molecule has 188 valence electrons. The average Bonchev–Trinajstić information content (AvgIpc) is 3.12. The third-order valence-corrected chi connectivity index (χ3v) is 8.27. The van der Waals surface area contributed by atoms with Crippen molar-refractivity contribution in [2.24, 2.45) is 5.92 Å². The summed E-state index contributed by atoms with van der Waals surface area (Å²) in [6, 6.07) is 30.1. The largest absolute Gasteiger partial charge is 0.303 e. The maximum atomic E-state index is 13.6. The monoisotopic (exact) mass is 480 g/mol. The van der Waals surface area contributed by atoms with Crippen molar-refractivity contribution in [2.75, 3.05) is 32.7 Å². The maximum Gasteiger partial charge on any atom is 0.141 e. The summed E-state index contributed by atoms with van der Waals surface area (Å²) in [5.74, 6) is 1.12. The number of nitrogens with zero attached hydrogens (tertiary/aromatic N) is 2. The van der Waals surface area contributed by atoms with E-state index < -0.39 is 0 Å². The number of hydrogen-bond acceptors (Lipinski definition) is 3. The van der Waals surface area contributed by atoms with Crippen LogP contribution < -0.4 is 0 Å². The molecule has 3 aromatic rings. The summed E-state index contributed by atoms with van der Waals surface area (Å²) in [4.78, 5) is 18.7. The van der Waals surface area contributed by atoms with E-state index in [4.69, 9.17) is 0 Å². The molecule has 2 aliphatic heterocycles. The maximum absolute atomic E-state index is 13.6. The number of carbonyl (C=O) groups excluding carboxylic acids is 1. The highest BCUT2D eigenvalue weighted by molar-refractivity contribution is 5.86. The van der Waals surface area contributed by atoms with E-state index in [-0.39, 0.29) is 5.92 Å². The molecule has 0 radical (unpaired) electrons. The van der Waals surface area contributed by atoms with Gasteiger partial charge in [0.2, 0.25) is 0 Å². The van der Waals surface area contributed by atoms with Gasteiger partial charge in [0, 0.05) is 32.6 Å². The van der Waals surface area contributed by atoms with Crippen LogP contribution in [0.25, 0.3) is 0 Å². The SMILES string of the molecule is O=C(CCC1CCN(CCc2ccccc2)CC1)C1CN(Cc2ccccc2)CCc2ccccc21. The van der Waals surface area contributed by atoms with Crippen LogP contribution in [0.4, 0.5) is 0 Å². The molecule has 3 aromatic carbocycles. The van der Waals surface area contributed by atoms with Crippen molar-refractivity contribution in [3.8, 4) is 0 Å². The normalized spacial score (nSPS) is 19.5. The van der Waals surface area contributed by atoms with Gasteiger partial charge in [-0.3, -0.25) is 9.69 Å². The Kier molecular flexibility index (Phi) is 8.63. The number of piperidine rings is 1. The van der Waals surface area contributed by atoms with Gasteiger partial charge in [0.05, 0.1) is 5.92 Å². The zero-order valence-electron chi connectivity index (χ0n) is 21.5. The Labute approximate surface area is 217 Å². The first-order chi connectivity index (χ1) is 17.7. The molecule has 0 aliphatic carbocycles. The predicted molar refractivity (Wildman–Crippen MR) is 148 cm³/mol. The highest BCUT2D eigenvalue weighted by Crippen LogP contribution is 2.30. The molecule has 0 amide bonds. The Bertz CT molecular complexity index is 1090. The van der Waals surface area contributed by atoms with Gasteiger partial charge in [0.25, 0.3) is 0 Å². The molecule has 3 heteroatoms. The van der Waals surface area contributed by atoms with E-state index in [0.29, 0.717) is 18.1 Å². The summed E-state index contributed by atoms with van der Waals surface area (Å²) in [7, 11) is 0. The standard InChI is InChI=1S/C33H40N2O/c36-33(16-15-28-18-22-34(23-19-28)21-17-27-9-3-1-4-10-27)32-26-35(25-29-11-5-2-6-12-29)24-20-30-13-7-8-14-31(30)32/h1-14,28,32H,15-26H2. The molecule has 0 aromatic heterocycles. The van der Waals surface area contributed by atoms with E-state index in [1.807, 2.05) is 0 Å². The highest BCUT2D eigenvalue weighted by atomic mass is 16.1. The summed E-state index contributed by atoms with van der Waals surface area (Å²) in [5.41, 5.74) is 5.39. The number of fused-ring (bicyclic) bond motifs is 1. The van der Waals surface area contributed by atoms with Gasteiger partial charge in [-0.2, -0.15) is 0 Å². The molecule has 0 saturated carbocycles. The minimum Gasteiger partial charge on any atom is -0.303 e. The molecule has 2 heterocycles. The second kappa shape index (κ2) is 12.5. The molecule has 0 spiro atoms. The Hall–Kier alpha value is -2.75. The smallest absolute Gasteiger partial charge is 0.141 e. The van der Waals surface area contributed by atoms with Crippen LogP contribution >= 0.6 is 0 Å². The van der Waals surface area contributed by atoms with E-state index >= 15 is 0 Å². The van der Waals surface area contributed by atoms with Gasteiger partial charge >= 0.3 is 0 Å². The van der Waals surface area contributed by atoms with Crippen molar-refractivity contribution in [2.45, 2.75) is 51.0 Å². The van der Waals surface area contributed by atoms with E-state index in [0.717, 1.165) is 45.4 Å². The van der Waals surface area contributed by atoms with Gasteiger partial charge in [0.1, 0.15) is 5.78 Å². The number of ketones is 1. The van der Waals surface area contributed by atoms with Gasteiger partial charge in [0.15, 0.2) is 0 Å². The van der Waals surface area contributed by atoms with Crippen LogP contribution in [0.15, 0.2) is 84.9 Å². The third kappa shape index (κ3) is 6.72. The van der Waals surface area contributed by atoms with E-state index in [1.54, 1.807) is 0 Å². The molecule has 1 atom stereocenters. The number of hydrogen-bond donors (Lipinski definition) is 0. The minimum absolute atomic E-state index is 0.00151. The fourth-order valence-electron chi connectivity index (χ4n) is 6.04. The molecule has 2 aliphatic rings. The molecule has 1 fully saturated rings. The second-order valence-electron chi connectivity index (χ2n) is 10.7. The van der Waals surface area contributed by atoms with Crippen LogP contribution in [-0.4, -0.2) is 48.3 Å². The van der Waals surface area contributed by atoms with Crippen LogP contribution in [0.2, 0.25) is 0 Å². The zero-order chi connectivity index (χ0) is 24.6. The first kappa shape index (κ1) is 24.9. The molecule has 1 unspecified atom stereocenters. The topological polar surface area (TPSA) is 23.6 Å². The van der Waals surface area contributed by atoms with E-state index in [9.17, 15) is 4.79 Å². The minimum atomic E-state index is -0.00151. The first-order valence-electron chi connectivity index (χ1n) is 13.9. The lowest BCUT2D eigenvalue weighted by Gasteiger charge is -2.32. The molecule has 5 rings (SSSR count). The Morgan fingerprint density at radius 2 is 1.42 bits per heavy atom. The van der Waals surface area contributed by atoms with Crippen molar-refractivity contribution in [3.05, 3.63) is 107 Å². The van der Waals surface area contributed by atoms with Crippen molar-refractivity contribution in [3.63, 3.8) is 0 Å². The van der Waals surface area contributed by atoms with Crippen LogP contribution in [0, 0.1) is 5.92 Å². The van der Waals surface area contributed by atoms with E-state index in [2.05, 4.69) is 94.7 Å². The summed E-state index contributed by atoms with van der Waals surface area (Å²) in [6.07, 6.45) is 6.36. The molecule has 1 saturated heterocycles. The Morgan fingerprint density at radius 3 is 2.17 bits per heavy atom. The van der Waals surface area contributed by atoms with Crippen molar-refractivity contribution >= 4 is 5.78 Å². The molecular weight excluding hydrogens is 440 g/mol. The van der Waals surface area contributed by atoms with Crippen molar-refractivity contribution in [1.82, 2.24) is 9.80 Å². The third-order valence-electron chi connectivity index (χ3n) is 8.27.